The fraction of sp³-hybridized carbons (Fsp3) is 0.857. The van der Waals surface area contributed by atoms with E-state index >= 15 is 0 Å². The van der Waals surface area contributed by atoms with Crippen molar-refractivity contribution >= 4 is 17.8 Å². The van der Waals surface area contributed by atoms with Crippen molar-refractivity contribution in [3.8, 4) is 0 Å². The number of urea groups is 1. The van der Waals surface area contributed by atoms with Crippen LogP contribution in [0.4, 0.5) is 4.79 Å². The second-order valence-electron chi connectivity index (χ2n) is 8.97. The first-order chi connectivity index (χ1) is 14.6. The molecule has 0 aromatic heterocycles. The van der Waals surface area contributed by atoms with E-state index in [1.165, 1.54) is 0 Å². The summed E-state index contributed by atoms with van der Waals surface area (Å²) in [7, 11) is 1.60. The van der Waals surface area contributed by atoms with Crippen molar-refractivity contribution in [3.63, 3.8) is 0 Å². The lowest BCUT2D eigenvalue weighted by atomic mass is 9.76. The largest absolute Gasteiger partial charge is 0.382 e. The summed E-state index contributed by atoms with van der Waals surface area (Å²) in [6.45, 7) is 5.42. The summed E-state index contributed by atoms with van der Waals surface area (Å²) in [6.07, 6.45) is 3.85. The van der Waals surface area contributed by atoms with Crippen molar-refractivity contribution in [1.82, 2.24) is 19.6 Å². The molecule has 0 aromatic rings. The molecule has 30 heavy (non-hydrogen) atoms. The van der Waals surface area contributed by atoms with Gasteiger partial charge in [-0.25, -0.2) is 4.79 Å². The molecule has 4 amide bonds. The number of carbonyl (C=O) groups is 3. The monoisotopic (exact) mass is 422 g/mol. The van der Waals surface area contributed by atoms with Gasteiger partial charge in [-0.05, 0) is 31.1 Å². The molecule has 0 unspecified atom stereocenters. The van der Waals surface area contributed by atoms with Crippen LogP contribution in [0.1, 0.15) is 25.7 Å². The lowest BCUT2D eigenvalue weighted by molar-refractivity contribution is -0.144. The molecule has 4 aliphatic heterocycles. The van der Waals surface area contributed by atoms with E-state index in [9.17, 15) is 14.4 Å². The molecule has 0 aromatic carbocycles. The predicted octanol–water partition coefficient (Wildman–Crippen LogP) is 0.246. The van der Waals surface area contributed by atoms with E-state index in [-0.39, 0.29) is 18.5 Å². The first-order valence-corrected chi connectivity index (χ1v) is 11.2. The first kappa shape index (κ1) is 21.4. The number of likely N-dealkylation sites (tertiary alicyclic amines) is 1. The zero-order valence-electron chi connectivity index (χ0n) is 18.0. The third kappa shape index (κ3) is 4.56. The van der Waals surface area contributed by atoms with E-state index < -0.39 is 0 Å². The Bertz CT molecular complexity index is 651. The van der Waals surface area contributed by atoms with Crippen LogP contribution in [-0.2, 0) is 19.1 Å². The molecule has 2 bridgehead atoms. The molecule has 9 heteroatoms. The van der Waals surface area contributed by atoms with Gasteiger partial charge in [-0.15, -0.1) is 0 Å². The van der Waals surface area contributed by atoms with Crippen molar-refractivity contribution < 1.29 is 23.9 Å². The van der Waals surface area contributed by atoms with Gasteiger partial charge in [-0.1, -0.05) is 0 Å². The molecule has 4 aliphatic rings. The summed E-state index contributed by atoms with van der Waals surface area (Å²) in [5, 5.41) is 0. The molecule has 4 saturated heterocycles. The van der Waals surface area contributed by atoms with Gasteiger partial charge in [-0.2, -0.15) is 0 Å². The third-order valence-electron chi connectivity index (χ3n) is 7.01. The number of rotatable bonds is 5. The number of carbonyl (C=O) groups excluding carboxylic acids is 3. The maximum atomic E-state index is 13.2. The lowest BCUT2D eigenvalue weighted by Crippen LogP contribution is -2.63. The maximum absolute atomic E-state index is 13.2. The Morgan fingerprint density at radius 3 is 2.53 bits per heavy atom. The van der Waals surface area contributed by atoms with E-state index in [1.807, 2.05) is 9.80 Å². The third-order valence-corrected chi connectivity index (χ3v) is 7.01. The van der Waals surface area contributed by atoms with Crippen LogP contribution in [0.25, 0.3) is 0 Å². The van der Waals surface area contributed by atoms with Gasteiger partial charge in [0.1, 0.15) is 6.61 Å². The molecular weight excluding hydrogens is 388 g/mol. The minimum Gasteiger partial charge on any atom is -0.382 e. The Hall–Kier alpha value is -1.87. The van der Waals surface area contributed by atoms with Crippen LogP contribution in [0.15, 0.2) is 0 Å². The van der Waals surface area contributed by atoms with Gasteiger partial charge in [0, 0.05) is 65.4 Å². The van der Waals surface area contributed by atoms with E-state index in [2.05, 4.69) is 4.90 Å². The number of methoxy groups -OCH3 is 1. The first-order valence-electron chi connectivity index (χ1n) is 11.2. The standard InChI is InChI=1S/C21H34N4O5/c1-29-9-10-30-15-20(27)22-5-7-23(8-6-22)21(28)24-12-16-11-17(14-24)18-3-2-4-19(26)25(18)13-16/h16-18H,2-15H2,1H3/t16-,17-,18-/m1/s1. The summed E-state index contributed by atoms with van der Waals surface area (Å²) < 4.78 is 10.2. The highest BCUT2D eigenvalue weighted by molar-refractivity contribution is 5.79. The quantitative estimate of drug-likeness (QED) is 0.593. The summed E-state index contributed by atoms with van der Waals surface area (Å²) in [4.78, 5) is 45.4. The van der Waals surface area contributed by atoms with Crippen LogP contribution in [0.5, 0.6) is 0 Å². The number of fused-ring (bicyclic) bond motifs is 4. The van der Waals surface area contributed by atoms with E-state index in [4.69, 9.17) is 9.47 Å². The predicted molar refractivity (Wildman–Crippen MR) is 109 cm³/mol. The van der Waals surface area contributed by atoms with Gasteiger partial charge in [0.25, 0.3) is 0 Å². The van der Waals surface area contributed by atoms with Gasteiger partial charge >= 0.3 is 6.03 Å². The summed E-state index contributed by atoms with van der Waals surface area (Å²) in [5.41, 5.74) is 0. The summed E-state index contributed by atoms with van der Waals surface area (Å²) >= 11 is 0. The highest BCUT2D eigenvalue weighted by Crippen LogP contribution is 2.38. The highest BCUT2D eigenvalue weighted by Gasteiger charge is 2.45. The summed E-state index contributed by atoms with van der Waals surface area (Å²) in [5.74, 6) is 1.05. The van der Waals surface area contributed by atoms with Crippen molar-refractivity contribution in [3.05, 3.63) is 0 Å². The van der Waals surface area contributed by atoms with Crippen molar-refractivity contribution in [2.45, 2.75) is 31.7 Å². The van der Waals surface area contributed by atoms with Crippen molar-refractivity contribution in [2.75, 3.05) is 72.7 Å². The van der Waals surface area contributed by atoms with Crippen LogP contribution in [0, 0.1) is 11.8 Å². The minimum atomic E-state index is -0.0345. The molecule has 168 valence electrons. The van der Waals surface area contributed by atoms with E-state index in [0.29, 0.717) is 69.6 Å². The second-order valence-corrected chi connectivity index (χ2v) is 8.97. The molecular formula is C21H34N4O5. The number of hydrogen-bond donors (Lipinski definition) is 0. The SMILES string of the molecule is COCCOCC(=O)N1CCN(C(=O)N2C[C@H]3C[C@H](C2)[C@H]2CCCC(=O)N2C3)CC1. The lowest BCUT2D eigenvalue weighted by Gasteiger charge is -2.53. The van der Waals surface area contributed by atoms with Crippen LogP contribution in [0.3, 0.4) is 0 Å². The number of ether oxygens (including phenoxy) is 2. The molecule has 4 heterocycles. The molecule has 0 saturated carbocycles. The number of nitrogens with zero attached hydrogens (tertiary/aromatic N) is 4. The molecule has 4 fully saturated rings. The van der Waals surface area contributed by atoms with E-state index in [0.717, 1.165) is 38.9 Å². The van der Waals surface area contributed by atoms with Crippen LogP contribution >= 0.6 is 0 Å². The topological polar surface area (TPSA) is 82.6 Å². The smallest absolute Gasteiger partial charge is 0.320 e. The molecule has 0 aliphatic carbocycles. The fourth-order valence-corrected chi connectivity index (χ4v) is 5.51. The number of amides is 4. The molecule has 4 rings (SSSR count). The van der Waals surface area contributed by atoms with Crippen molar-refractivity contribution in [1.29, 1.82) is 0 Å². The zero-order valence-corrected chi connectivity index (χ0v) is 18.0. The summed E-state index contributed by atoms with van der Waals surface area (Å²) in [6, 6.07) is 0.398. The Morgan fingerprint density at radius 2 is 1.77 bits per heavy atom. The zero-order chi connectivity index (χ0) is 21.1. The van der Waals surface area contributed by atoms with Gasteiger partial charge in [0.05, 0.1) is 13.2 Å². The molecule has 0 radical (unpaired) electrons. The average Bonchev–Trinajstić information content (AvgIpc) is 2.77. The Morgan fingerprint density at radius 1 is 1.00 bits per heavy atom. The molecule has 3 atom stereocenters. The number of piperidine rings is 3. The van der Waals surface area contributed by atoms with Gasteiger partial charge < -0.3 is 29.1 Å². The normalized spacial score (nSPS) is 29.1. The van der Waals surface area contributed by atoms with Crippen LogP contribution in [-0.4, -0.2) is 116 Å². The van der Waals surface area contributed by atoms with E-state index in [1.54, 1.807) is 12.0 Å². The molecule has 9 nitrogen and oxygen atoms in total. The van der Waals surface area contributed by atoms with Crippen molar-refractivity contribution in [2.24, 2.45) is 11.8 Å². The average molecular weight is 423 g/mol. The maximum Gasteiger partial charge on any atom is 0.320 e. The highest BCUT2D eigenvalue weighted by atomic mass is 16.5. The Labute approximate surface area is 178 Å². The molecule has 0 spiro atoms. The number of piperazine rings is 1. The van der Waals surface area contributed by atoms with Gasteiger partial charge in [-0.3, -0.25) is 9.59 Å². The van der Waals surface area contributed by atoms with Gasteiger partial charge in [0.2, 0.25) is 11.8 Å². The fourth-order valence-electron chi connectivity index (χ4n) is 5.51. The Balaban J connectivity index is 1.26. The van der Waals surface area contributed by atoms with Gasteiger partial charge in [0.15, 0.2) is 0 Å². The van der Waals surface area contributed by atoms with Crippen LogP contribution in [0.2, 0.25) is 0 Å². The molecule has 0 N–H and O–H groups in total. The number of hydrogen-bond acceptors (Lipinski definition) is 5. The minimum absolute atomic E-state index is 0.0345. The Kier molecular flexibility index (Phi) is 6.77. The second kappa shape index (κ2) is 9.51. The van der Waals surface area contributed by atoms with Crippen LogP contribution < -0.4 is 0 Å².